The Morgan fingerprint density at radius 3 is 2.37 bits per heavy atom. The number of nitrogens with one attached hydrogen (secondary N) is 1. The molecule has 0 radical (unpaired) electrons. The highest BCUT2D eigenvalue weighted by atomic mass is 15.3. The molecule has 4 rings (SSSR count). The Balaban J connectivity index is 1.40. The van der Waals surface area contributed by atoms with Gasteiger partial charge >= 0.3 is 0 Å². The normalized spacial score (nSPS) is 23.9. The maximum Gasteiger partial charge on any atom is 0.194 e. The van der Waals surface area contributed by atoms with Crippen LogP contribution < -0.4 is 5.32 Å². The van der Waals surface area contributed by atoms with E-state index in [0.717, 1.165) is 32.0 Å². The van der Waals surface area contributed by atoms with E-state index < -0.39 is 0 Å². The fourth-order valence-corrected chi connectivity index (χ4v) is 5.36. The van der Waals surface area contributed by atoms with Crippen LogP contribution in [0.5, 0.6) is 0 Å². The van der Waals surface area contributed by atoms with Crippen LogP contribution in [-0.2, 0) is 0 Å². The van der Waals surface area contributed by atoms with Gasteiger partial charge in [0.2, 0.25) is 0 Å². The number of likely N-dealkylation sites (tertiary alicyclic amines) is 2. The van der Waals surface area contributed by atoms with Crippen LogP contribution in [0.4, 0.5) is 0 Å². The molecule has 0 bridgehead atoms. The maximum atomic E-state index is 4.66. The van der Waals surface area contributed by atoms with Crippen molar-refractivity contribution in [3.05, 3.63) is 42.0 Å². The molecular formula is C25H39N5. The number of aliphatic imine (C=N–C) groups is 1. The molecule has 0 amide bonds. The predicted octanol–water partition coefficient (Wildman–Crippen LogP) is 3.30. The van der Waals surface area contributed by atoms with E-state index in [2.05, 4.69) is 68.5 Å². The minimum Gasteiger partial charge on any atom is -0.354 e. The van der Waals surface area contributed by atoms with Crippen molar-refractivity contribution in [2.45, 2.75) is 44.1 Å². The molecule has 3 heterocycles. The zero-order valence-corrected chi connectivity index (χ0v) is 18.9. The molecule has 3 aliphatic heterocycles. The van der Waals surface area contributed by atoms with Gasteiger partial charge in [0.15, 0.2) is 5.96 Å². The van der Waals surface area contributed by atoms with E-state index in [9.17, 15) is 0 Å². The summed E-state index contributed by atoms with van der Waals surface area (Å²) >= 11 is 0. The van der Waals surface area contributed by atoms with E-state index in [0.29, 0.717) is 0 Å². The van der Waals surface area contributed by atoms with Crippen LogP contribution in [0.2, 0.25) is 0 Å². The molecule has 0 atom stereocenters. The first-order valence-electron chi connectivity index (χ1n) is 11.8. The second kappa shape index (κ2) is 9.97. The van der Waals surface area contributed by atoms with Crippen LogP contribution in [0.1, 0.15) is 44.1 Å². The summed E-state index contributed by atoms with van der Waals surface area (Å²) in [6.07, 6.45) is 10.1. The summed E-state index contributed by atoms with van der Waals surface area (Å²) in [6, 6.07) is 10.8. The van der Waals surface area contributed by atoms with Crippen LogP contribution in [0.25, 0.3) is 5.57 Å². The van der Waals surface area contributed by atoms with Crippen molar-refractivity contribution in [1.82, 2.24) is 20.0 Å². The van der Waals surface area contributed by atoms with E-state index in [1.165, 1.54) is 69.4 Å². The number of piperidine rings is 2. The SMILES string of the molecule is CN=C(NCC1(N2CCCCC2)CCN(C)CC1)N1CC=C(c2ccccc2)CC1. The van der Waals surface area contributed by atoms with Gasteiger partial charge in [-0.25, -0.2) is 0 Å². The first-order chi connectivity index (χ1) is 14.7. The molecule has 0 unspecified atom stereocenters. The quantitative estimate of drug-likeness (QED) is 0.611. The molecule has 1 aromatic carbocycles. The summed E-state index contributed by atoms with van der Waals surface area (Å²) in [4.78, 5) is 12.3. The maximum absolute atomic E-state index is 4.66. The largest absolute Gasteiger partial charge is 0.354 e. The average Bonchev–Trinajstić information content (AvgIpc) is 2.82. The molecule has 5 nitrogen and oxygen atoms in total. The summed E-state index contributed by atoms with van der Waals surface area (Å²) in [5.41, 5.74) is 3.10. The van der Waals surface area contributed by atoms with Crippen LogP contribution in [0.3, 0.4) is 0 Å². The lowest BCUT2D eigenvalue weighted by Crippen LogP contribution is -2.62. The predicted molar refractivity (Wildman–Crippen MR) is 127 cm³/mol. The Morgan fingerprint density at radius 2 is 1.73 bits per heavy atom. The van der Waals surface area contributed by atoms with Crippen molar-refractivity contribution in [3.8, 4) is 0 Å². The molecular weight excluding hydrogens is 370 g/mol. The summed E-state index contributed by atoms with van der Waals surface area (Å²) in [5.74, 6) is 1.06. The van der Waals surface area contributed by atoms with Gasteiger partial charge in [-0.2, -0.15) is 0 Å². The van der Waals surface area contributed by atoms with Gasteiger partial charge in [0.1, 0.15) is 0 Å². The lowest BCUT2D eigenvalue weighted by Gasteiger charge is -2.50. The molecule has 0 spiro atoms. The van der Waals surface area contributed by atoms with Crippen molar-refractivity contribution < 1.29 is 0 Å². The molecule has 3 aliphatic rings. The molecule has 0 aromatic heterocycles. The van der Waals surface area contributed by atoms with Crippen molar-refractivity contribution in [2.75, 3.05) is 59.9 Å². The van der Waals surface area contributed by atoms with Gasteiger partial charge in [0.25, 0.3) is 0 Å². The van der Waals surface area contributed by atoms with Gasteiger partial charge in [-0.05, 0) is 76.5 Å². The lowest BCUT2D eigenvalue weighted by atomic mass is 9.84. The van der Waals surface area contributed by atoms with E-state index in [1.807, 2.05) is 7.05 Å². The van der Waals surface area contributed by atoms with Crippen LogP contribution in [0.15, 0.2) is 41.4 Å². The Kier molecular flexibility index (Phi) is 7.11. The Bertz CT molecular complexity index is 727. The molecule has 1 N–H and O–H groups in total. The standard InChI is InChI=1S/C25H39N5/c1-26-24(29-17-11-23(12-18-29)22-9-5-3-6-10-22)27-21-25(13-19-28(2)20-14-25)30-15-7-4-8-16-30/h3,5-6,9-11H,4,7-8,12-21H2,1-2H3,(H,26,27). The summed E-state index contributed by atoms with van der Waals surface area (Å²) in [7, 11) is 4.19. The van der Waals surface area contributed by atoms with Crippen molar-refractivity contribution in [1.29, 1.82) is 0 Å². The highest BCUT2D eigenvalue weighted by Gasteiger charge is 2.39. The van der Waals surface area contributed by atoms with Crippen LogP contribution in [0, 0.1) is 0 Å². The fourth-order valence-electron chi connectivity index (χ4n) is 5.36. The molecule has 1 aromatic rings. The summed E-state index contributed by atoms with van der Waals surface area (Å²) in [6.45, 7) is 7.89. The Morgan fingerprint density at radius 1 is 1.00 bits per heavy atom. The highest BCUT2D eigenvalue weighted by Crippen LogP contribution is 2.31. The summed E-state index contributed by atoms with van der Waals surface area (Å²) in [5, 5.41) is 3.80. The first kappa shape index (κ1) is 21.4. The van der Waals surface area contributed by atoms with Crippen molar-refractivity contribution in [2.24, 2.45) is 4.99 Å². The van der Waals surface area contributed by atoms with E-state index in [-0.39, 0.29) is 5.54 Å². The monoisotopic (exact) mass is 409 g/mol. The molecule has 0 aliphatic carbocycles. The van der Waals surface area contributed by atoms with Crippen molar-refractivity contribution >= 4 is 11.5 Å². The second-order valence-electron chi connectivity index (χ2n) is 9.27. The van der Waals surface area contributed by atoms with Crippen molar-refractivity contribution in [3.63, 3.8) is 0 Å². The lowest BCUT2D eigenvalue weighted by molar-refractivity contribution is 0.0169. The van der Waals surface area contributed by atoms with E-state index in [1.54, 1.807) is 0 Å². The Hall–Kier alpha value is -1.85. The minimum atomic E-state index is 0.281. The number of hydrogen-bond donors (Lipinski definition) is 1. The molecule has 164 valence electrons. The number of rotatable bonds is 4. The zero-order chi connectivity index (χ0) is 20.8. The molecule has 30 heavy (non-hydrogen) atoms. The molecule has 0 saturated carbocycles. The fraction of sp³-hybridized carbons (Fsp3) is 0.640. The third kappa shape index (κ3) is 4.89. The summed E-state index contributed by atoms with van der Waals surface area (Å²) < 4.78 is 0. The first-order valence-corrected chi connectivity index (χ1v) is 11.8. The van der Waals surface area contributed by atoms with Crippen LogP contribution in [-0.4, -0.2) is 86.1 Å². The zero-order valence-electron chi connectivity index (χ0n) is 18.9. The van der Waals surface area contributed by atoms with Gasteiger partial charge in [-0.15, -0.1) is 0 Å². The second-order valence-corrected chi connectivity index (χ2v) is 9.27. The highest BCUT2D eigenvalue weighted by molar-refractivity contribution is 5.81. The number of guanidine groups is 1. The third-order valence-electron chi connectivity index (χ3n) is 7.39. The van der Waals surface area contributed by atoms with Crippen LogP contribution >= 0.6 is 0 Å². The minimum absolute atomic E-state index is 0.281. The van der Waals surface area contributed by atoms with Gasteiger partial charge in [-0.1, -0.05) is 42.8 Å². The van der Waals surface area contributed by atoms with Gasteiger partial charge in [-0.3, -0.25) is 9.89 Å². The molecule has 2 fully saturated rings. The van der Waals surface area contributed by atoms with Gasteiger partial charge < -0.3 is 15.1 Å². The molecule has 5 heteroatoms. The number of nitrogens with zero attached hydrogens (tertiary/aromatic N) is 4. The topological polar surface area (TPSA) is 34.1 Å². The van der Waals surface area contributed by atoms with Gasteiger partial charge in [0.05, 0.1) is 0 Å². The van der Waals surface area contributed by atoms with E-state index >= 15 is 0 Å². The Labute approximate surface area is 182 Å². The molecule has 2 saturated heterocycles. The smallest absolute Gasteiger partial charge is 0.194 e. The van der Waals surface area contributed by atoms with Gasteiger partial charge in [0, 0.05) is 32.2 Å². The van der Waals surface area contributed by atoms with E-state index in [4.69, 9.17) is 0 Å². The number of hydrogen-bond acceptors (Lipinski definition) is 3. The third-order valence-corrected chi connectivity index (χ3v) is 7.39. The number of benzene rings is 1. The average molecular weight is 410 g/mol.